The highest BCUT2D eigenvalue weighted by atomic mass is 35.5. The second-order valence-electron chi connectivity index (χ2n) is 8.02. The number of carbonyl (C=O) groups is 1. The lowest BCUT2D eigenvalue weighted by Crippen LogP contribution is -2.26. The van der Waals surface area contributed by atoms with E-state index in [4.69, 9.17) is 11.6 Å². The SMILES string of the molecule is CCCCCCCCCCCCCCCCCCNC(=O)c1c(Cl)cnn1C. The third-order valence-corrected chi connectivity index (χ3v) is 5.70. The lowest BCUT2D eigenvalue weighted by atomic mass is 10.0. The molecule has 0 saturated heterocycles. The van der Waals surface area contributed by atoms with Gasteiger partial charge < -0.3 is 5.32 Å². The smallest absolute Gasteiger partial charge is 0.271 e. The van der Waals surface area contributed by atoms with Crippen LogP contribution < -0.4 is 5.32 Å². The maximum absolute atomic E-state index is 12.1. The molecule has 5 heteroatoms. The molecule has 0 aromatic carbocycles. The van der Waals surface area contributed by atoms with Crippen LogP contribution in [0.3, 0.4) is 0 Å². The van der Waals surface area contributed by atoms with E-state index in [9.17, 15) is 4.79 Å². The third-order valence-electron chi connectivity index (χ3n) is 5.43. The summed E-state index contributed by atoms with van der Waals surface area (Å²) in [5.74, 6) is -0.133. The van der Waals surface area contributed by atoms with Crippen molar-refractivity contribution in [1.82, 2.24) is 15.1 Å². The van der Waals surface area contributed by atoms with Crippen LogP contribution in [0.1, 0.15) is 120 Å². The highest BCUT2D eigenvalue weighted by Crippen LogP contribution is 2.15. The number of hydrogen-bond donors (Lipinski definition) is 1. The topological polar surface area (TPSA) is 46.9 Å². The van der Waals surface area contributed by atoms with Crippen LogP contribution in [-0.2, 0) is 7.05 Å². The van der Waals surface area contributed by atoms with Crippen molar-refractivity contribution in [2.45, 2.75) is 110 Å². The second-order valence-corrected chi connectivity index (χ2v) is 8.43. The van der Waals surface area contributed by atoms with Crippen molar-refractivity contribution in [2.24, 2.45) is 7.05 Å². The maximum Gasteiger partial charge on any atom is 0.271 e. The predicted molar refractivity (Wildman–Crippen MR) is 120 cm³/mol. The average Bonchev–Trinajstić information content (AvgIpc) is 3.02. The van der Waals surface area contributed by atoms with E-state index in [1.165, 1.54) is 107 Å². The fourth-order valence-electron chi connectivity index (χ4n) is 3.62. The Hall–Kier alpha value is -1.03. The van der Waals surface area contributed by atoms with Crippen LogP contribution >= 0.6 is 11.6 Å². The van der Waals surface area contributed by atoms with Gasteiger partial charge in [0.05, 0.1) is 11.2 Å². The number of amides is 1. The van der Waals surface area contributed by atoms with Gasteiger partial charge in [-0.25, -0.2) is 0 Å². The summed E-state index contributed by atoms with van der Waals surface area (Å²) in [6.07, 6.45) is 23.2. The molecule has 1 aromatic heterocycles. The fourth-order valence-corrected chi connectivity index (χ4v) is 3.88. The van der Waals surface area contributed by atoms with Crippen LogP contribution in [0.15, 0.2) is 6.20 Å². The zero-order valence-corrected chi connectivity index (χ0v) is 19.0. The largest absolute Gasteiger partial charge is 0.351 e. The van der Waals surface area contributed by atoms with Gasteiger partial charge in [0.2, 0.25) is 0 Å². The van der Waals surface area contributed by atoms with Crippen molar-refractivity contribution in [3.8, 4) is 0 Å². The number of aryl methyl sites for hydroxylation is 1. The molecule has 0 atom stereocenters. The Labute approximate surface area is 177 Å². The minimum absolute atomic E-state index is 0.133. The Morgan fingerprint density at radius 3 is 1.68 bits per heavy atom. The Balaban J connectivity index is 1.80. The van der Waals surface area contributed by atoms with Crippen LogP contribution in [0.25, 0.3) is 0 Å². The second kappa shape index (κ2) is 16.9. The molecule has 0 unspecified atom stereocenters. The van der Waals surface area contributed by atoms with Gasteiger partial charge in [0.25, 0.3) is 5.91 Å². The number of hydrogen-bond acceptors (Lipinski definition) is 2. The Kier molecular flexibility index (Phi) is 15.1. The van der Waals surface area contributed by atoms with Gasteiger partial charge in [-0.1, -0.05) is 115 Å². The van der Waals surface area contributed by atoms with Crippen molar-refractivity contribution in [3.05, 3.63) is 16.9 Å². The zero-order chi connectivity index (χ0) is 20.5. The summed E-state index contributed by atoms with van der Waals surface area (Å²) in [6, 6.07) is 0. The van der Waals surface area contributed by atoms with E-state index in [2.05, 4.69) is 17.3 Å². The molecular weight excluding hydrogens is 370 g/mol. The van der Waals surface area contributed by atoms with Gasteiger partial charge in [0.1, 0.15) is 5.69 Å². The lowest BCUT2D eigenvalue weighted by Gasteiger charge is -2.06. The summed E-state index contributed by atoms with van der Waals surface area (Å²) in [7, 11) is 1.73. The first-order chi connectivity index (χ1) is 13.7. The predicted octanol–water partition coefficient (Wildman–Crippen LogP) is 7.06. The highest BCUT2D eigenvalue weighted by molar-refractivity contribution is 6.33. The van der Waals surface area contributed by atoms with E-state index < -0.39 is 0 Å². The number of nitrogens with one attached hydrogen (secondary N) is 1. The summed E-state index contributed by atoms with van der Waals surface area (Å²) in [4.78, 5) is 12.1. The van der Waals surface area contributed by atoms with E-state index >= 15 is 0 Å². The number of unbranched alkanes of at least 4 members (excludes halogenated alkanes) is 15. The summed E-state index contributed by atoms with van der Waals surface area (Å²) in [6.45, 7) is 2.99. The van der Waals surface area contributed by atoms with Crippen LogP contribution in [0.5, 0.6) is 0 Å². The molecule has 0 fully saturated rings. The number of rotatable bonds is 18. The number of nitrogens with zero attached hydrogens (tertiary/aromatic N) is 2. The van der Waals surface area contributed by atoms with Gasteiger partial charge in [0, 0.05) is 13.6 Å². The Morgan fingerprint density at radius 2 is 1.29 bits per heavy atom. The summed E-state index contributed by atoms with van der Waals surface area (Å²) in [5, 5.41) is 7.33. The van der Waals surface area contributed by atoms with Crippen molar-refractivity contribution in [1.29, 1.82) is 0 Å². The molecule has 1 aromatic rings. The molecule has 0 aliphatic rings. The molecule has 1 heterocycles. The van der Waals surface area contributed by atoms with E-state index in [1.54, 1.807) is 7.05 Å². The number of carbonyl (C=O) groups excluding carboxylic acids is 1. The first-order valence-corrected chi connectivity index (χ1v) is 12.0. The lowest BCUT2D eigenvalue weighted by molar-refractivity contribution is 0.0943. The monoisotopic (exact) mass is 411 g/mol. The van der Waals surface area contributed by atoms with Gasteiger partial charge in [-0.2, -0.15) is 5.10 Å². The van der Waals surface area contributed by atoms with Crippen molar-refractivity contribution >= 4 is 17.5 Å². The van der Waals surface area contributed by atoms with Crippen molar-refractivity contribution in [3.63, 3.8) is 0 Å². The summed E-state index contributed by atoms with van der Waals surface area (Å²) in [5.41, 5.74) is 0.443. The minimum atomic E-state index is -0.133. The first-order valence-electron chi connectivity index (χ1n) is 11.6. The minimum Gasteiger partial charge on any atom is -0.351 e. The van der Waals surface area contributed by atoms with Crippen molar-refractivity contribution in [2.75, 3.05) is 6.54 Å². The van der Waals surface area contributed by atoms with Gasteiger partial charge in [-0.15, -0.1) is 0 Å². The van der Waals surface area contributed by atoms with E-state index in [0.29, 0.717) is 17.3 Å². The van der Waals surface area contributed by atoms with E-state index in [-0.39, 0.29) is 5.91 Å². The van der Waals surface area contributed by atoms with Crippen LogP contribution in [0.4, 0.5) is 0 Å². The number of aromatic nitrogens is 2. The molecule has 1 amide bonds. The molecular formula is C23H42ClN3O. The maximum atomic E-state index is 12.1. The van der Waals surface area contributed by atoms with Gasteiger partial charge in [0.15, 0.2) is 0 Å². The zero-order valence-electron chi connectivity index (χ0n) is 18.3. The van der Waals surface area contributed by atoms with Gasteiger partial charge >= 0.3 is 0 Å². The van der Waals surface area contributed by atoms with Crippen molar-refractivity contribution < 1.29 is 4.79 Å². The molecule has 28 heavy (non-hydrogen) atoms. The molecule has 162 valence electrons. The van der Waals surface area contributed by atoms with Gasteiger partial charge in [-0.3, -0.25) is 9.48 Å². The standard InChI is InChI=1S/C23H42ClN3O/c1-3-4-5-6-7-8-9-10-11-12-13-14-15-16-17-18-19-25-23(28)22-21(24)20-26-27(22)2/h20H,3-19H2,1-2H3,(H,25,28). The first kappa shape index (κ1) is 25.0. The molecule has 1 rings (SSSR count). The summed E-state index contributed by atoms with van der Waals surface area (Å²) < 4.78 is 1.52. The molecule has 0 radical (unpaired) electrons. The average molecular weight is 412 g/mol. The molecule has 0 saturated carbocycles. The number of halogens is 1. The summed E-state index contributed by atoms with van der Waals surface area (Å²) >= 11 is 5.98. The van der Waals surface area contributed by atoms with E-state index in [0.717, 1.165) is 6.42 Å². The van der Waals surface area contributed by atoms with E-state index in [1.807, 2.05) is 0 Å². The van der Waals surface area contributed by atoms with Crippen LogP contribution in [0.2, 0.25) is 5.02 Å². The molecule has 1 N–H and O–H groups in total. The highest BCUT2D eigenvalue weighted by Gasteiger charge is 2.14. The molecule has 4 nitrogen and oxygen atoms in total. The quantitative estimate of drug-likeness (QED) is 0.262. The van der Waals surface area contributed by atoms with Gasteiger partial charge in [-0.05, 0) is 6.42 Å². The molecule has 0 spiro atoms. The molecule has 0 aliphatic heterocycles. The molecule has 0 bridgehead atoms. The fraction of sp³-hybridized carbons (Fsp3) is 0.826. The third kappa shape index (κ3) is 11.7. The normalized spacial score (nSPS) is 11.1. The van der Waals surface area contributed by atoms with Crippen LogP contribution in [-0.4, -0.2) is 22.2 Å². The molecule has 0 aliphatic carbocycles. The Bertz CT molecular complexity index is 496. The van der Waals surface area contributed by atoms with Crippen LogP contribution in [0, 0.1) is 0 Å². The Morgan fingerprint density at radius 1 is 0.857 bits per heavy atom.